The number of benzene rings is 3. The second kappa shape index (κ2) is 13.4. The quantitative estimate of drug-likeness (QED) is 0.198. The Morgan fingerprint density at radius 1 is 1.09 bits per heavy atom. The highest BCUT2D eigenvalue weighted by molar-refractivity contribution is 6.31. The van der Waals surface area contributed by atoms with Gasteiger partial charge < -0.3 is 24.8 Å². The summed E-state index contributed by atoms with van der Waals surface area (Å²) in [6.07, 6.45) is 2.73. The topological polar surface area (TPSA) is 162 Å². The lowest BCUT2D eigenvalue weighted by molar-refractivity contribution is -0.135. The number of hydrogen-bond acceptors (Lipinski definition) is 9. The predicted octanol–water partition coefficient (Wildman–Crippen LogP) is 3.35. The minimum atomic E-state index is -1.11. The van der Waals surface area contributed by atoms with Gasteiger partial charge in [0.05, 0.1) is 22.9 Å². The molecule has 5 rings (SSSR count). The Labute approximate surface area is 254 Å². The summed E-state index contributed by atoms with van der Waals surface area (Å²) in [5, 5.41) is 25.9. The number of aromatic carboxylic acids is 1. The molecule has 1 unspecified atom stereocenters. The van der Waals surface area contributed by atoms with E-state index in [-0.39, 0.29) is 35.0 Å². The number of nitrogens with zero attached hydrogens (tertiary/aromatic N) is 6. The van der Waals surface area contributed by atoms with Gasteiger partial charge in [-0.2, -0.15) is 0 Å². The Bertz CT molecular complexity index is 1720. The maximum absolute atomic E-state index is 15.1. The minimum absolute atomic E-state index is 0.0512. The summed E-state index contributed by atoms with van der Waals surface area (Å²) in [6, 6.07) is 12.5. The molecule has 1 aliphatic heterocycles. The first-order valence-electron chi connectivity index (χ1n) is 13.2. The number of nitrogens with one attached hydrogen (secondary N) is 1. The number of carboxylic acid groups (broad SMARTS) is 1. The summed E-state index contributed by atoms with van der Waals surface area (Å²) in [4.78, 5) is 41.1. The van der Waals surface area contributed by atoms with E-state index in [4.69, 9.17) is 21.1 Å². The minimum Gasteiger partial charge on any atom is -0.491 e. The molecule has 226 valence electrons. The lowest BCUT2D eigenvalue weighted by atomic mass is 9.90. The van der Waals surface area contributed by atoms with Gasteiger partial charge in [0.1, 0.15) is 18.4 Å². The van der Waals surface area contributed by atoms with E-state index in [1.54, 1.807) is 25.3 Å². The summed E-state index contributed by atoms with van der Waals surface area (Å²) in [5.74, 6) is -2.49. The van der Waals surface area contributed by atoms with Gasteiger partial charge in [0.2, 0.25) is 5.91 Å². The van der Waals surface area contributed by atoms with Gasteiger partial charge in [-0.3, -0.25) is 9.59 Å². The molecule has 4 aromatic rings. The smallest absolute Gasteiger partial charge is 0.335 e. The number of amides is 2. The van der Waals surface area contributed by atoms with Gasteiger partial charge in [0, 0.05) is 36.5 Å². The molecule has 0 aliphatic carbocycles. The molecular weight excluding hydrogens is 597 g/mol. The van der Waals surface area contributed by atoms with Gasteiger partial charge in [0.15, 0.2) is 5.82 Å². The fourth-order valence-electron chi connectivity index (χ4n) is 4.80. The molecule has 15 heteroatoms. The third-order valence-electron chi connectivity index (χ3n) is 6.86. The number of halogens is 2. The first kappa shape index (κ1) is 30.3. The number of anilines is 1. The summed E-state index contributed by atoms with van der Waals surface area (Å²) >= 11 is 6.01. The van der Waals surface area contributed by atoms with Crippen LogP contribution in [-0.4, -0.2) is 80.3 Å². The van der Waals surface area contributed by atoms with E-state index in [1.165, 1.54) is 47.4 Å². The Morgan fingerprint density at radius 3 is 2.55 bits per heavy atom. The maximum Gasteiger partial charge on any atom is 0.335 e. The molecule has 0 radical (unpaired) electrons. The SMILES string of the molecule is COCCOc1cccc2c1CCN(C(=O)/C=C/c1c(-n3nnnn3)ccc(Cl)c1F)C2C(=O)Nc1ccc(C(=O)O)cc1. The van der Waals surface area contributed by atoms with Gasteiger partial charge in [-0.05, 0) is 81.4 Å². The zero-order valence-electron chi connectivity index (χ0n) is 23.2. The third kappa shape index (κ3) is 6.40. The van der Waals surface area contributed by atoms with Crippen LogP contribution in [0.15, 0.2) is 60.7 Å². The number of methoxy groups -OCH3 is 1. The molecule has 2 N–H and O–H groups in total. The molecule has 13 nitrogen and oxygen atoms in total. The molecule has 0 saturated heterocycles. The Hall–Kier alpha value is -5.21. The second-order valence-corrected chi connectivity index (χ2v) is 9.90. The number of fused-ring (bicyclic) bond motifs is 1. The van der Waals surface area contributed by atoms with E-state index in [9.17, 15) is 19.5 Å². The highest BCUT2D eigenvalue weighted by Crippen LogP contribution is 2.36. The molecule has 1 aliphatic rings. The first-order valence-corrected chi connectivity index (χ1v) is 13.6. The summed E-state index contributed by atoms with van der Waals surface area (Å²) < 4.78 is 26.1. The standard InChI is InChI=1S/C29H25ClFN7O6/c1-43-15-16-44-24-4-2-3-20-19(24)13-14-37(27(20)28(40)32-18-7-5-17(6-8-18)29(41)42)25(39)12-9-21-23(38-35-33-34-36-38)11-10-22(30)26(21)31/h2-12,27H,13-16H2,1H3,(H,32,40)(H,41,42)/b12-9+. The van der Waals surface area contributed by atoms with Crippen LogP contribution in [0.3, 0.4) is 0 Å². The molecular formula is C29H25ClFN7O6. The highest BCUT2D eigenvalue weighted by atomic mass is 35.5. The van der Waals surface area contributed by atoms with E-state index in [0.717, 1.165) is 16.4 Å². The largest absolute Gasteiger partial charge is 0.491 e. The van der Waals surface area contributed by atoms with Crippen molar-refractivity contribution in [3.05, 3.63) is 93.8 Å². The monoisotopic (exact) mass is 621 g/mol. The van der Waals surface area contributed by atoms with E-state index in [2.05, 4.69) is 26.2 Å². The van der Waals surface area contributed by atoms with Crippen molar-refractivity contribution < 1.29 is 33.4 Å². The van der Waals surface area contributed by atoms with Crippen molar-refractivity contribution in [2.24, 2.45) is 0 Å². The molecule has 0 fully saturated rings. The van der Waals surface area contributed by atoms with Crippen LogP contribution in [0.1, 0.15) is 33.1 Å². The van der Waals surface area contributed by atoms with Crippen molar-refractivity contribution in [3.8, 4) is 11.4 Å². The molecule has 2 heterocycles. The van der Waals surface area contributed by atoms with Gasteiger partial charge >= 0.3 is 5.97 Å². The van der Waals surface area contributed by atoms with Gasteiger partial charge in [0.25, 0.3) is 5.91 Å². The van der Waals surface area contributed by atoms with Gasteiger partial charge in [-0.1, -0.05) is 23.7 Å². The normalized spacial score (nSPS) is 14.3. The van der Waals surface area contributed by atoms with Crippen LogP contribution in [0, 0.1) is 5.82 Å². The fourth-order valence-corrected chi connectivity index (χ4v) is 4.96. The molecule has 1 atom stereocenters. The van der Waals surface area contributed by atoms with Gasteiger partial charge in [-0.25, -0.2) is 9.18 Å². The number of aromatic nitrogens is 5. The third-order valence-corrected chi connectivity index (χ3v) is 7.15. The van der Waals surface area contributed by atoms with Crippen LogP contribution in [-0.2, 0) is 20.7 Å². The highest BCUT2D eigenvalue weighted by Gasteiger charge is 2.36. The second-order valence-electron chi connectivity index (χ2n) is 9.50. The molecule has 0 bridgehead atoms. The number of carbonyl (C=O) groups excluding carboxylic acids is 2. The molecule has 0 saturated carbocycles. The lowest BCUT2D eigenvalue weighted by Crippen LogP contribution is -2.44. The molecule has 44 heavy (non-hydrogen) atoms. The van der Waals surface area contributed by atoms with E-state index in [0.29, 0.717) is 30.0 Å². The van der Waals surface area contributed by atoms with Crippen LogP contribution in [0.4, 0.5) is 10.1 Å². The first-order chi connectivity index (χ1) is 21.3. The molecule has 1 aromatic heterocycles. The number of carboxylic acids is 1. The van der Waals surface area contributed by atoms with E-state index < -0.39 is 29.6 Å². The number of rotatable bonds is 10. The average Bonchev–Trinajstić information content (AvgIpc) is 3.56. The number of carbonyl (C=O) groups is 3. The van der Waals surface area contributed by atoms with Crippen LogP contribution >= 0.6 is 11.6 Å². The zero-order valence-corrected chi connectivity index (χ0v) is 23.9. The van der Waals surface area contributed by atoms with Crippen molar-refractivity contribution in [1.29, 1.82) is 0 Å². The molecule has 3 aromatic carbocycles. The number of hydrogen-bond donors (Lipinski definition) is 2. The van der Waals surface area contributed by atoms with Crippen molar-refractivity contribution >= 4 is 41.1 Å². The molecule has 0 spiro atoms. The van der Waals surface area contributed by atoms with Crippen LogP contribution < -0.4 is 10.1 Å². The predicted molar refractivity (Wildman–Crippen MR) is 155 cm³/mol. The molecule has 2 amide bonds. The van der Waals surface area contributed by atoms with Crippen LogP contribution in [0.5, 0.6) is 5.75 Å². The van der Waals surface area contributed by atoms with Crippen LogP contribution in [0.2, 0.25) is 5.02 Å². The maximum atomic E-state index is 15.1. The summed E-state index contributed by atoms with van der Waals surface area (Å²) in [6.45, 7) is 0.780. The number of ether oxygens (including phenoxy) is 2. The zero-order chi connectivity index (χ0) is 31.2. The fraction of sp³-hybridized carbons (Fsp3) is 0.207. The van der Waals surface area contributed by atoms with E-state index >= 15 is 4.39 Å². The van der Waals surface area contributed by atoms with Gasteiger partial charge in [-0.15, -0.1) is 4.80 Å². The van der Waals surface area contributed by atoms with Crippen LogP contribution in [0.25, 0.3) is 11.8 Å². The van der Waals surface area contributed by atoms with Crippen molar-refractivity contribution in [3.63, 3.8) is 0 Å². The van der Waals surface area contributed by atoms with Crippen molar-refractivity contribution in [2.75, 3.05) is 32.2 Å². The summed E-state index contributed by atoms with van der Waals surface area (Å²) in [5.41, 5.74) is 1.74. The van der Waals surface area contributed by atoms with Crippen molar-refractivity contribution in [1.82, 2.24) is 30.5 Å². The Balaban J connectivity index is 1.49. The van der Waals surface area contributed by atoms with Crippen molar-refractivity contribution in [2.45, 2.75) is 12.5 Å². The lowest BCUT2D eigenvalue weighted by Gasteiger charge is -2.36. The summed E-state index contributed by atoms with van der Waals surface area (Å²) in [7, 11) is 1.56. The Morgan fingerprint density at radius 2 is 1.84 bits per heavy atom. The average molecular weight is 622 g/mol. The Kier molecular flexibility index (Phi) is 9.21. The van der Waals surface area contributed by atoms with E-state index in [1.807, 2.05) is 0 Å².